The predicted octanol–water partition coefficient (Wildman–Crippen LogP) is 3.85. The van der Waals surface area contributed by atoms with Crippen LogP contribution in [0.15, 0.2) is 30.3 Å². The van der Waals surface area contributed by atoms with E-state index in [9.17, 15) is 4.79 Å². The number of hydrogen-bond acceptors (Lipinski definition) is 5. The Morgan fingerprint density at radius 2 is 1.75 bits per heavy atom. The lowest BCUT2D eigenvalue weighted by molar-refractivity contribution is 0.0697. The van der Waals surface area contributed by atoms with E-state index in [-0.39, 0.29) is 5.56 Å². The molecule has 24 heavy (non-hydrogen) atoms. The highest BCUT2D eigenvalue weighted by Gasteiger charge is 2.10. The third-order valence-corrected chi connectivity index (χ3v) is 3.52. The Balaban J connectivity index is 2.22. The number of carbonyl (C=O) groups is 1. The second kappa shape index (κ2) is 8.29. The lowest BCUT2D eigenvalue weighted by atomic mass is 10.2. The minimum atomic E-state index is -0.934. The molecule has 0 saturated heterocycles. The van der Waals surface area contributed by atoms with E-state index in [1.165, 1.54) is 0 Å². The number of rotatable bonds is 8. The Kier molecular flexibility index (Phi) is 6.12. The fourth-order valence-electron chi connectivity index (χ4n) is 2.45. The highest BCUT2D eigenvalue weighted by Crippen LogP contribution is 2.19. The summed E-state index contributed by atoms with van der Waals surface area (Å²) in [6, 6.07) is 8.48. The number of hydrogen-bond donors (Lipinski definition) is 2. The molecule has 0 spiro atoms. The van der Waals surface area contributed by atoms with Crippen molar-refractivity contribution in [2.45, 2.75) is 33.6 Å². The molecule has 0 amide bonds. The quantitative estimate of drug-likeness (QED) is 0.766. The summed E-state index contributed by atoms with van der Waals surface area (Å²) < 4.78 is 0. The van der Waals surface area contributed by atoms with E-state index < -0.39 is 5.97 Å². The second-order valence-electron chi connectivity index (χ2n) is 5.69. The molecule has 6 heteroatoms. The van der Waals surface area contributed by atoms with Crippen LogP contribution in [0.4, 0.5) is 17.5 Å². The smallest absolute Gasteiger partial charge is 0.335 e. The number of aryl methyl sites for hydroxylation is 1. The van der Waals surface area contributed by atoms with Crippen molar-refractivity contribution in [1.82, 2.24) is 9.97 Å². The van der Waals surface area contributed by atoms with Gasteiger partial charge in [-0.25, -0.2) is 9.78 Å². The van der Waals surface area contributed by atoms with E-state index in [2.05, 4.69) is 34.0 Å². The van der Waals surface area contributed by atoms with Gasteiger partial charge in [0.25, 0.3) is 0 Å². The van der Waals surface area contributed by atoms with Gasteiger partial charge in [0.1, 0.15) is 5.82 Å². The summed E-state index contributed by atoms with van der Waals surface area (Å²) in [6.07, 6.45) is 2.08. The molecule has 0 atom stereocenters. The van der Waals surface area contributed by atoms with Gasteiger partial charge in [-0.15, -0.1) is 0 Å². The molecule has 0 aliphatic carbocycles. The summed E-state index contributed by atoms with van der Waals surface area (Å²) in [4.78, 5) is 22.3. The molecule has 1 aromatic heterocycles. The van der Waals surface area contributed by atoms with Crippen molar-refractivity contribution >= 4 is 23.4 Å². The molecule has 2 rings (SSSR count). The number of nitrogens with zero attached hydrogens (tertiary/aromatic N) is 3. The van der Waals surface area contributed by atoms with Gasteiger partial charge >= 0.3 is 5.97 Å². The molecule has 0 aliphatic heterocycles. The standard InChI is InChI=1S/C18H24N4O2/c1-4-10-22(11-5-2)18-19-13(3)12-16(21-18)20-15-8-6-14(7-9-15)17(23)24/h6-9,12H,4-5,10-11H2,1-3H3,(H,23,24)(H,19,20,21). The van der Waals surface area contributed by atoms with Gasteiger partial charge in [0, 0.05) is 30.5 Å². The summed E-state index contributed by atoms with van der Waals surface area (Å²) >= 11 is 0. The van der Waals surface area contributed by atoms with Crippen molar-refractivity contribution in [2.75, 3.05) is 23.3 Å². The average Bonchev–Trinajstić information content (AvgIpc) is 2.54. The van der Waals surface area contributed by atoms with Gasteiger partial charge < -0.3 is 15.3 Å². The monoisotopic (exact) mass is 328 g/mol. The lowest BCUT2D eigenvalue weighted by Crippen LogP contribution is -2.27. The van der Waals surface area contributed by atoms with Crippen LogP contribution in [0, 0.1) is 6.92 Å². The maximum absolute atomic E-state index is 10.9. The molecule has 6 nitrogen and oxygen atoms in total. The molecule has 0 fully saturated rings. The highest BCUT2D eigenvalue weighted by molar-refractivity contribution is 5.88. The largest absolute Gasteiger partial charge is 0.478 e. The molecule has 2 N–H and O–H groups in total. The van der Waals surface area contributed by atoms with Gasteiger partial charge in [-0.3, -0.25) is 0 Å². The number of anilines is 3. The van der Waals surface area contributed by atoms with E-state index in [0.717, 1.165) is 43.3 Å². The third-order valence-electron chi connectivity index (χ3n) is 3.52. The fourth-order valence-corrected chi connectivity index (χ4v) is 2.45. The first-order valence-corrected chi connectivity index (χ1v) is 8.24. The number of benzene rings is 1. The van der Waals surface area contributed by atoms with Crippen molar-refractivity contribution in [3.05, 3.63) is 41.6 Å². The Bertz CT molecular complexity index is 680. The Labute approximate surface area is 142 Å². The number of aromatic carboxylic acids is 1. The van der Waals surface area contributed by atoms with Crippen molar-refractivity contribution < 1.29 is 9.90 Å². The van der Waals surface area contributed by atoms with Gasteiger partial charge in [-0.2, -0.15) is 4.98 Å². The van der Waals surface area contributed by atoms with Gasteiger partial charge in [0.15, 0.2) is 0 Å². The number of nitrogens with one attached hydrogen (secondary N) is 1. The summed E-state index contributed by atoms with van der Waals surface area (Å²) in [7, 11) is 0. The van der Waals surface area contributed by atoms with E-state index in [1.807, 2.05) is 13.0 Å². The SMILES string of the molecule is CCCN(CCC)c1nc(C)cc(Nc2ccc(C(=O)O)cc2)n1. The maximum atomic E-state index is 10.9. The average molecular weight is 328 g/mol. The molecule has 128 valence electrons. The van der Waals surface area contributed by atoms with Crippen LogP contribution in [0.1, 0.15) is 42.7 Å². The van der Waals surface area contributed by atoms with Crippen LogP contribution in [0.25, 0.3) is 0 Å². The number of carboxylic acid groups (broad SMARTS) is 1. The third kappa shape index (κ3) is 4.68. The van der Waals surface area contributed by atoms with Crippen molar-refractivity contribution in [1.29, 1.82) is 0 Å². The Morgan fingerprint density at radius 3 is 2.29 bits per heavy atom. The minimum Gasteiger partial charge on any atom is -0.478 e. The van der Waals surface area contributed by atoms with E-state index in [0.29, 0.717) is 5.82 Å². The number of carboxylic acids is 1. The molecule has 0 bridgehead atoms. The molecule has 0 saturated carbocycles. The summed E-state index contributed by atoms with van der Waals surface area (Å²) in [5.41, 5.74) is 1.95. The normalized spacial score (nSPS) is 10.5. The van der Waals surface area contributed by atoms with E-state index in [1.54, 1.807) is 24.3 Å². The molecular weight excluding hydrogens is 304 g/mol. The molecule has 0 unspecified atom stereocenters. The highest BCUT2D eigenvalue weighted by atomic mass is 16.4. The molecule has 0 aliphatic rings. The summed E-state index contributed by atoms with van der Waals surface area (Å²) in [5.74, 6) is 0.498. The fraction of sp³-hybridized carbons (Fsp3) is 0.389. The van der Waals surface area contributed by atoms with Crippen LogP contribution in [-0.2, 0) is 0 Å². The zero-order valence-corrected chi connectivity index (χ0v) is 14.4. The first kappa shape index (κ1) is 17.7. The van der Waals surface area contributed by atoms with Crippen LogP contribution >= 0.6 is 0 Å². The number of aromatic nitrogens is 2. The van der Waals surface area contributed by atoms with Crippen LogP contribution in [0.5, 0.6) is 0 Å². The first-order chi connectivity index (χ1) is 11.5. The topological polar surface area (TPSA) is 78.4 Å². The van der Waals surface area contributed by atoms with Crippen molar-refractivity contribution in [2.24, 2.45) is 0 Å². The summed E-state index contributed by atoms with van der Waals surface area (Å²) in [6.45, 7) is 8.07. The Hall–Kier alpha value is -2.63. The van der Waals surface area contributed by atoms with Crippen LogP contribution in [0.2, 0.25) is 0 Å². The molecule has 2 aromatic rings. The molecular formula is C18H24N4O2. The minimum absolute atomic E-state index is 0.261. The van der Waals surface area contributed by atoms with Gasteiger partial charge in [-0.1, -0.05) is 13.8 Å². The van der Waals surface area contributed by atoms with Crippen molar-refractivity contribution in [3.63, 3.8) is 0 Å². The van der Waals surface area contributed by atoms with Crippen LogP contribution < -0.4 is 10.2 Å². The Morgan fingerprint density at radius 1 is 1.12 bits per heavy atom. The molecule has 1 heterocycles. The van der Waals surface area contributed by atoms with Crippen LogP contribution in [0.3, 0.4) is 0 Å². The zero-order chi connectivity index (χ0) is 17.5. The predicted molar refractivity (Wildman–Crippen MR) is 96.2 cm³/mol. The first-order valence-electron chi connectivity index (χ1n) is 8.24. The zero-order valence-electron chi connectivity index (χ0n) is 14.4. The van der Waals surface area contributed by atoms with E-state index >= 15 is 0 Å². The molecule has 0 radical (unpaired) electrons. The van der Waals surface area contributed by atoms with Crippen LogP contribution in [-0.4, -0.2) is 34.1 Å². The molecule has 1 aromatic carbocycles. The summed E-state index contributed by atoms with van der Waals surface area (Å²) in [5, 5.41) is 12.2. The van der Waals surface area contributed by atoms with Crippen molar-refractivity contribution in [3.8, 4) is 0 Å². The van der Waals surface area contributed by atoms with Gasteiger partial charge in [-0.05, 0) is 44.0 Å². The second-order valence-corrected chi connectivity index (χ2v) is 5.69. The van der Waals surface area contributed by atoms with E-state index in [4.69, 9.17) is 5.11 Å². The van der Waals surface area contributed by atoms with Gasteiger partial charge in [0.2, 0.25) is 5.95 Å². The lowest BCUT2D eigenvalue weighted by Gasteiger charge is -2.22. The maximum Gasteiger partial charge on any atom is 0.335 e. The van der Waals surface area contributed by atoms with Gasteiger partial charge in [0.05, 0.1) is 5.56 Å².